The Kier molecular flexibility index (Phi) is 11.4. The van der Waals surface area contributed by atoms with Gasteiger partial charge in [-0.1, -0.05) is 28.9 Å². The van der Waals surface area contributed by atoms with Crippen LogP contribution in [0.2, 0.25) is 0 Å². The first kappa shape index (κ1) is 30.5. The molecule has 0 aliphatic carbocycles. The van der Waals surface area contributed by atoms with Crippen LogP contribution in [0.25, 0.3) is 0 Å². The summed E-state index contributed by atoms with van der Waals surface area (Å²) in [6.45, 7) is 8.34. The molecule has 0 saturated heterocycles. The fourth-order valence-electron chi connectivity index (χ4n) is 4.23. The van der Waals surface area contributed by atoms with Crippen molar-refractivity contribution in [1.82, 2.24) is 4.90 Å². The van der Waals surface area contributed by atoms with Gasteiger partial charge in [-0.25, -0.2) is 4.79 Å². The quantitative estimate of drug-likeness (QED) is 0.255. The molecule has 38 heavy (non-hydrogen) atoms. The van der Waals surface area contributed by atoms with Gasteiger partial charge >= 0.3 is 11.9 Å². The third kappa shape index (κ3) is 8.39. The maximum atomic E-state index is 12.9. The van der Waals surface area contributed by atoms with E-state index in [1.807, 2.05) is 13.0 Å². The summed E-state index contributed by atoms with van der Waals surface area (Å²) in [4.78, 5) is 36.7. The van der Waals surface area contributed by atoms with Crippen molar-refractivity contribution in [1.29, 1.82) is 0 Å². The molecule has 1 aliphatic heterocycles. The first-order valence-electron chi connectivity index (χ1n) is 12.7. The number of rotatable bonds is 15. The van der Waals surface area contributed by atoms with Gasteiger partial charge in [-0.05, 0) is 71.9 Å². The van der Waals surface area contributed by atoms with Crippen molar-refractivity contribution in [3.63, 3.8) is 0 Å². The topological polar surface area (TPSA) is 134 Å². The normalized spacial score (nSPS) is 14.2. The number of aromatic hydroxyl groups is 1. The monoisotopic (exact) mass is 529 g/mol. The minimum atomic E-state index is -1.34. The van der Waals surface area contributed by atoms with Crippen molar-refractivity contribution in [2.45, 2.75) is 78.8 Å². The number of carboxylic acids is 2. The maximum absolute atomic E-state index is 12.9. The summed E-state index contributed by atoms with van der Waals surface area (Å²) in [5.41, 5.74) is 4.14. The van der Waals surface area contributed by atoms with Gasteiger partial charge < -0.3 is 29.7 Å². The lowest BCUT2D eigenvalue weighted by Gasteiger charge is -2.23. The predicted octanol–water partition coefficient (Wildman–Crippen LogP) is 5.47. The molecule has 1 atom stereocenters. The van der Waals surface area contributed by atoms with Crippen molar-refractivity contribution < 1.29 is 39.2 Å². The van der Waals surface area contributed by atoms with E-state index < -0.39 is 30.3 Å². The maximum Gasteiger partial charge on any atom is 0.326 e. The average Bonchev–Trinajstić information content (AvgIpc) is 3.16. The van der Waals surface area contributed by atoms with Crippen LogP contribution in [0.1, 0.15) is 82.1 Å². The Morgan fingerprint density at radius 2 is 1.66 bits per heavy atom. The third-order valence-electron chi connectivity index (χ3n) is 6.44. The van der Waals surface area contributed by atoms with Gasteiger partial charge in [-0.2, -0.15) is 0 Å². The summed E-state index contributed by atoms with van der Waals surface area (Å²) >= 11 is 0. The minimum Gasteiger partial charge on any atom is -0.504 e. The van der Waals surface area contributed by atoms with Crippen LogP contribution in [-0.2, 0) is 16.1 Å². The zero-order valence-electron chi connectivity index (χ0n) is 22.9. The van der Waals surface area contributed by atoms with E-state index in [1.165, 1.54) is 24.3 Å². The molecule has 208 valence electrons. The van der Waals surface area contributed by atoms with Crippen LogP contribution in [0.5, 0.6) is 17.2 Å². The second-order valence-electron chi connectivity index (χ2n) is 9.77. The Labute approximate surface area is 224 Å². The van der Waals surface area contributed by atoms with E-state index in [0.717, 1.165) is 36.2 Å². The van der Waals surface area contributed by atoms with E-state index in [4.69, 9.17) is 14.6 Å². The summed E-state index contributed by atoms with van der Waals surface area (Å²) in [7, 11) is 1.38. The highest BCUT2D eigenvalue weighted by atomic mass is 16.5. The van der Waals surface area contributed by atoms with Crippen LogP contribution in [0, 0.1) is 0 Å². The number of benzene rings is 1. The van der Waals surface area contributed by atoms with E-state index in [-0.39, 0.29) is 47.9 Å². The minimum absolute atomic E-state index is 0.0670. The molecule has 1 unspecified atom stereocenters. The van der Waals surface area contributed by atoms with Crippen molar-refractivity contribution in [3.05, 3.63) is 52.1 Å². The van der Waals surface area contributed by atoms with Gasteiger partial charge in [0.2, 0.25) is 5.75 Å². The molecule has 1 heterocycles. The molecule has 9 nitrogen and oxygen atoms in total. The van der Waals surface area contributed by atoms with Gasteiger partial charge in [0, 0.05) is 12.0 Å². The number of ether oxygens (including phenoxy) is 2. The molecule has 0 aromatic heterocycles. The summed E-state index contributed by atoms with van der Waals surface area (Å²) in [6.07, 6.45) is 9.62. The molecule has 1 aromatic rings. The average molecular weight is 530 g/mol. The highest BCUT2D eigenvalue weighted by Crippen LogP contribution is 2.45. The fraction of sp³-hybridized carbons (Fsp3) is 0.483. The number of amides is 1. The summed E-state index contributed by atoms with van der Waals surface area (Å²) in [5, 5.41) is 29.4. The SMILES string of the molecule is COc1cc2c(c(O)c1OC/C=C(\C)CC/C=C(/C)CCC=C(C)C)CN(C(CCC(=O)O)C(=O)O)C2=O. The third-order valence-corrected chi connectivity index (χ3v) is 6.44. The van der Waals surface area contributed by atoms with E-state index >= 15 is 0 Å². The molecular formula is C29H39NO8. The molecule has 1 aromatic carbocycles. The number of methoxy groups -OCH3 is 1. The molecule has 0 spiro atoms. The second-order valence-corrected chi connectivity index (χ2v) is 9.77. The fourth-order valence-corrected chi connectivity index (χ4v) is 4.23. The molecule has 1 amide bonds. The Morgan fingerprint density at radius 3 is 2.24 bits per heavy atom. The number of carboxylic acid groups (broad SMARTS) is 2. The number of allylic oxidation sites excluding steroid dienone is 5. The summed E-state index contributed by atoms with van der Waals surface area (Å²) in [5.74, 6) is -3.16. The number of hydrogen-bond acceptors (Lipinski definition) is 6. The van der Waals surface area contributed by atoms with Crippen LogP contribution in [-0.4, -0.2) is 57.8 Å². The predicted molar refractivity (Wildman–Crippen MR) is 144 cm³/mol. The Bertz CT molecular complexity index is 1130. The number of fused-ring (bicyclic) bond motifs is 1. The van der Waals surface area contributed by atoms with E-state index in [2.05, 4.69) is 32.9 Å². The molecule has 3 N–H and O–H groups in total. The van der Waals surface area contributed by atoms with Crippen LogP contribution in [0.3, 0.4) is 0 Å². The Balaban J connectivity index is 2.08. The van der Waals surface area contributed by atoms with Gasteiger partial charge in [0.1, 0.15) is 12.6 Å². The van der Waals surface area contributed by atoms with Crippen molar-refractivity contribution >= 4 is 17.8 Å². The number of aliphatic carboxylic acids is 2. The highest BCUT2D eigenvalue weighted by Gasteiger charge is 2.39. The smallest absolute Gasteiger partial charge is 0.326 e. The van der Waals surface area contributed by atoms with Crippen molar-refractivity contribution in [2.24, 2.45) is 0 Å². The molecule has 9 heteroatoms. The number of phenolic OH excluding ortho intramolecular Hbond substituents is 1. The first-order chi connectivity index (χ1) is 18.0. The number of carbonyl (C=O) groups excluding carboxylic acids is 1. The number of hydrogen-bond donors (Lipinski definition) is 3. The van der Waals surface area contributed by atoms with Crippen LogP contribution >= 0.6 is 0 Å². The molecule has 0 saturated carbocycles. The molecule has 1 aliphatic rings. The Morgan fingerprint density at radius 1 is 1.03 bits per heavy atom. The lowest BCUT2D eigenvalue weighted by atomic mass is 10.1. The standard InChI is InChI=1S/C29H39NO8/c1-18(2)8-6-9-19(3)10-7-11-20(4)14-15-38-27-24(37-5)16-21-22(26(27)33)17-30(28(21)34)23(29(35)36)12-13-25(31)32/h8,10,14,16,23,33H,6-7,9,11-13,15,17H2,1-5H3,(H,31,32)(H,35,36)/b19-10-,20-14+. The molecule has 2 rings (SSSR count). The van der Waals surface area contributed by atoms with Crippen molar-refractivity contribution in [3.8, 4) is 17.2 Å². The molecule has 0 bridgehead atoms. The van der Waals surface area contributed by atoms with Crippen LogP contribution in [0.15, 0.2) is 41.0 Å². The zero-order valence-corrected chi connectivity index (χ0v) is 22.9. The van der Waals surface area contributed by atoms with E-state index in [9.17, 15) is 24.6 Å². The van der Waals surface area contributed by atoms with Gasteiger partial charge in [-0.15, -0.1) is 0 Å². The Hall–Kier alpha value is -3.75. The number of phenols is 1. The zero-order chi connectivity index (χ0) is 28.4. The van der Waals surface area contributed by atoms with Gasteiger partial charge in [0.15, 0.2) is 11.5 Å². The summed E-state index contributed by atoms with van der Waals surface area (Å²) in [6, 6.07) is 0.0820. The summed E-state index contributed by atoms with van der Waals surface area (Å²) < 4.78 is 11.2. The largest absolute Gasteiger partial charge is 0.504 e. The number of nitrogens with zero attached hydrogens (tertiary/aromatic N) is 1. The number of carbonyl (C=O) groups is 3. The van der Waals surface area contributed by atoms with Gasteiger partial charge in [0.05, 0.1) is 19.2 Å². The van der Waals surface area contributed by atoms with Crippen molar-refractivity contribution in [2.75, 3.05) is 13.7 Å². The molecular weight excluding hydrogens is 490 g/mol. The van der Waals surface area contributed by atoms with Gasteiger partial charge in [0.25, 0.3) is 5.91 Å². The second kappa shape index (κ2) is 14.3. The van der Waals surface area contributed by atoms with Crippen LogP contribution in [0.4, 0.5) is 0 Å². The van der Waals surface area contributed by atoms with Crippen LogP contribution < -0.4 is 9.47 Å². The van der Waals surface area contributed by atoms with E-state index in [1.54, 1.807) is 0 Å². The lowest BCUT2D eigenvalue weighted by molar-refractivity contribution is -0.143. The molecule has 0 fully saturated rings. The highest BCUT2D eigenvalue weighted by molar-refractivity contribution is 6.02. The molecule has 0 radical (unpaired) electrons. The van der Waals surface area contributed by atoms with Gasteiger partial charge in [-0.3, -0.25) is 9.59 Å². The lowest BCUT2D eigenvalue weighted by Crippen LogP contribution is -2.41. The first-order valence-corrected chi connectivity index (χ1v) is 12.7. The van der Waals surface area contributed by atoms with E-state index in [0.29, 0.717) is 0 Å².